The number of nitrogens with one attached hydrogen (secondary N) is 1. The maximum absolute atomic E-state index is 12.5. The number of amides is 2. The first-order valence-electron chi connectivity index (χ1n) is 8.47. The fourth-order valence-electron chi connectivity index (χ4n) is 3.05. The largest absolute Gasteiger partial charge is 1.00 e. The van der Waals surface area contributed by atoms with Gasteiger partial charge in [0, 0.05) is 18.2 Å². The molecule has 2 aliphatic rings. The minimum atomic E-state index is -5.35. The first kappa shape index (κ1) is 28.9. The second-order valence-corrected chi connectivity index (χ2v) is 8.94. The Bertz CT molecular complexity index is 926. The number of hydrogen-bond acceptors (Lipinski definition) is 9. The number of ether oxygens (including phenoxy) is 1. The summed E-state index contributed by atoms with van der Waals surface area (Å²) >= 11 is 1.11. The van der Waals surface area contributed by atoms with Crippen LogP contribution in [0.15, 0.2) is 41.3 Å². The Balaban J connectivity index is 0.00000240. The van der Waals surface area contributed by atoms with Gasteiger partial charge >= 0.3 is 65.1 Å². The van der Waals surface area contributed by atoms with Crippen LogP contribution in [-0.4, -0.2) is 51.6 Å². The third-order valence-corrected chi connectivity index (χ3v) is 6.78. The van der Waals surface area contributed by atoms with E-state index in [1.54, 1.807) is 30.3 Å². The monoisotopic (exact) mass is 486 g/mol. The average molecular weight is 486 g/mol. The molecule has 2 N–H and O–H groups in total. The summed E-state index contributed by atoms with van der Waals surface area (Å²) in [6, 6.07) is 6.99. The van der Waals surface area contributed by atoms with Gasteiger partial charge in [-0.15, -0.1) is 11.8 Å². The molecule has 0 bridgehead atoms. The number of aliphatic hydroxyl groups is 1. The molecule has 0 aliphatic carbocycles. The van der Waals surface area contributed by atoms with Crippen LogP contribution in [0.1, 0.15) is 18.6 Å². The van der Waals surface area contributed by atoms with Gasteiger partial charge in [-0.1, -0.05) is 30.3 Å². The molecule has 31 heavy (non-hydrogen) atoms. The minimum Gasteiger partial charge on any atom is -0.806 e. The van der Waals surface area contributed by atoms with E-state index in [0.29, 0.717) is 5.56 Å². The number of aliphatic hydroxyl groups excluding tert-OH is 1. The second-order valence-electron chi connectivity index (χ2n) is 6.41. The molecule has 1 aromatic rings. The van der Waals surface area contributed by atoms with Crippen LogP contribution in [0.3, 0.4) is 0 Å². The molecule has 10 nitrogen and oxygen atoms in total. The van der Waals surface area contributed by atoms with Gasteiger partial charge in [0.25, 0.3) is 11.8 Å². The molecule has 156 valence electrons. The first-order valence-corrected chi connectivity index (χ1v) is 11.1. The smallest absolute Gasteiger partial charge is 0.806 e. The molecule has 1 fully saturated rings. The average Bonchev–Trinajstić information content (AvgIpc) is 2.68. The van der Waals surface area contributed by atoms with Gasteiger partial charge in [0.05, 0.1) is 5.44 Å². The predicted molar refractivity (Wildman–Crippen MR) is 97.7 cm³/mol. The Labute approximate surface area is 226 Å². The number of carbonyl (C=O) groups excluding carboxylic acids is 3. The summed E-state index contributed by atoms with van der Waals surface area (Å²) in [5.74, 6) is -2.25. The van der Waals surface area contributed by atoms with Crippen molar-refractivity contribution < 1.29 is 97.7 Å². The third-order valence-electron chi connectivity index (χ3n) is 4.39. The van der Waals surface area contributed by atoms with E-state index in [2.05, 4.69) is 5.32 Å². The number of thioether (sulfide) groups is 1. The van der Waals surface area contributed by atoms with Crippen molar-refractivity contribution in [2.45, 2.75) is 24.4 Å². The number of benzene rings is 1. The number of β-lactam (4-membered cyclic amide) rings is 1. The van der Waals surface area contributed by atoms with Gasteiger partial charge in [0.2, 0.25) is 0 Å². The van der Waals surface area contributed by atoms with Gasteiger partial charge in [-0.25, -0.2) is 0 Å². The molecule has 1 saturated heterocycles. The van der Waals surface area contributed by atoms with Gasteiger partial charge in [0.1, 0.15) is 18.0 Å². The molecule has 2 aliphatic heterocycles. The molecule has 3 atom stereocenters. The minimum absolute atomic E-state index is 0. The van der Waals surface area contributed by atoms with E-state index in [1.807, 2.05) is 0 Å². The van der Waals surface area contributed by atoms with E-state index in [0.717, 1.165) is 23.6 Å². The molecular weight excluding hydrogens is 469 g/mol. The fourth-order valence-corrected chi connectivity index (χ4v) is 5.58. The van der Waals surface area contributed by atoms with E-state index in [1.165, 1.54) is 0 Å². The van der Waals surface area contributed by atoms with Crippen LogP contribution in [0.25, 0.3) is 0 Å². The summed E-state index contributed by atoms with van der Waals surface area (Å²) in [5, 5.41) is 11.7. The number of carbonyl (C=O) groups is 3. The maximum atomic E-state index is 12.5. The zero-order valence-corrected chi connectivity index (χ0v) is 22.9. The van der Waals surface area contributed by atoms with Crippen LogP contribution in [0.5, 0.6) is 0 Å². The van der Waals surface area contributed by atoms with Crippen molar-refractivity contribution in [2.24, 2.45) is 0 Å². The van der Waals surface area contributed by atoms with Crippen LogP contribution in [0, 0.1) is 0 Å². The van der Waals surface area contributed by atoms with Crippen molar-refractivity contribution in [1.29, 1.82) is 0 Å². The van der Waals surface area contributed by atoms with E-state index >= 15 is 0 Å². The molecule has 2 amide bonds. The van der Waals surface area contributed by atoms with Gasteiger partial charge in [-0.05, 0) is 13.2 Å². The Morgan fingerprint density at radius 2 is 1.94 bits per heavy atom. The van der Waals surface area contributed by atoms with Crippen LogP contribution in [-0.2, 0) is 23.7 Å². The Morgan fingerprint density at radius 3 is 2.48 bits per heavy atom. The summed E-state index contributed by atoms with van der Waals surface area (Å²) in [7, 11) is -5.35. The second kappa shape index (κ2) is 11.8. The van der Waals surface area contributed by atoms with Crippen LogP contribution in [0.4, 0.5) is 0 Å². The summed E-state index contributed by atoms with van der Waals surface area (Å²) in [5.41, 5.74) is -0.378. The SMILES string of the molecule is CC(=O)OCC1=C(P(=O)([O-])[O-])N2C(=O)[C@@H](NC(=O)C(O)c3ccccc3)[C@@H]2SC1.[Na+].[Na+]. The quantitative estimate of drug-likeness (QED) is 0.172. The first-order chi connectivity index (χ1) is 13.6. The van der Waals surface area contributed by atoms with Crippen molar-refractivity contribution in [3.8, 4) is 0 Å². The molecule has 1 aromatic carbocycles. The molecule has 0 spiro atoms. The van der Waals surface area contributed by atoms with Gasteiger partial charge in [0.15, 0.2) is 6.10 Å². The van der Waals surface area contributed by atoms with Crippen molar-refractivity contribution in [3.05, 3.63) is 46.9 Å². The van der Waals surface area contributed by atoms with Gasteiger partial charge in [-0.3, -0.25) is 19.3 Å². The zero-order valence-electron chi connectivity index (χ0n) is 17.1. The summed E-state index contributed by atoms with van der Waals surface area (Å²) < 4.78 is 16.5. The number of rotatable bonds is 6. The van der Waals surface area contributed by atoms with Crippen molar-refractivity contribution in [1.82, 2.24) is 10.2 Å². The Hall–Kier alpha value is -0.170. The topological polar surface area (TPSA) is 159 Å². The molecular formula is C17H17N2Na2O8PS. The Morgan fingerprint density at radius 1 is 1.32 bits per heavy atom. The fraction of sp³-hybridized carbons (Fsp3) is 0.353. The maximum Gasteiger partial charge on any atom is 1.00 e. The third kappa shape index (κ3) is 6.45. The van der Waals surface area contributed by atoms with Gasteiger partial charge < -0.3 is 29.5 Å². The number of nitrogens with zero attached hydrogens (tertiary/aromatic N) is 1. The summed E-state index contributed by atoms with van der Waals surface area (Å²) in [4.78, 5) is 60.1. The molecule has 0 aromatic heterocycles. The van der Waals surface area contributed by atoms with Crippen LogP contribution < -0.4 is 74.2 Å². The molecule has 1 unspecified atom stereocenters. The molecule has 0 radical (unpaired) electrons. The van der Waals surface area contributed by atoms with Crippen LogP contribution in [0.2, 0.25) is 0 Å². The van der Waals surface area contributed by atoms with E-state index < -0.39 is 54.9 Å². The van der Waals surface area contributed by atoms with E-state index in [9.17, 15) is 33.8 Å². The molecule has 14 heteroatoms. The molecule has 0 saturated carbocycles. The van der Waals surface area contributed by atoms with Crippen molar-refractivity contribution in [2.75, 3.05) is 12.4 Å². The predicted octanol–water partition coefficient (Wildman–Crippen LogP) is -7.18. The number of fused-ring (bicyclic) bond motifs is 1. The van der Waals surface area contributed by atoms with Crippen molar-refractivity contribution in [3.63, 3.8) is 0 Å². The Kier molecular flexibility index (Phi) is 11.0. The normalized spacial score (nSPS) is 21.0. The zero-order chi connectivity index (χ0) is 21.3. The molecule has 3 rings (SSSR count). The number of hydrogen-bond donors (Lipinski definition) is 2. The summed E-state index contributed by atoms with van der Waals surface area (Å²) in [6.07, 6.45) is -1.51. The summed E-state index contributed by atoms with van der Waals surface area (Å²) in [6.45, 7) is 0.706. The standard InChI is InChI=1S/C17H19N2O8PS.2Na/c1-9(20)27-7-11-8-29-17-12(15(23)19(17)16(11)28(24,25)26)18-14(22)13(21)10-5-3-2-4-6-10;;/h2-6,12-13,17,21H,7-8H2,1H3,(H,18,22)(H2,24,25,26);;/q;2*+1/p-2/t12-,13?,17+;;/m1../s1. The molecule has 2 heterocycles. The van der Waals surface area contributed by atoms with E-state index in [4.69, 9.17) is 4.74 Å². The number of esters is 1. The van der Waals surface area contributed by atoms with Gasteiger partial charge in [-0.2, -0.15) is 0 Å². The van der Waals surface area contributed by atoms with Crippen LogP contribution >= 0.6 is 19.4 Å². The van der Waals surface area contributed by atoms with Crippen molar-refractivity contribution >= 4 is 37.1 Å². The van der Waals surface area contributed by atoms with E-state index in [-0.39, 0.29) is 70.4 Å².